The van der Waals surface area contributed by atoms with Crippen LogP contribution in [-0.2, 0) is 31.2 Å². The third kappa shape index (κ3) is 4.99. The van der Waals surface area contributed by atoms with Crippen LogP contribution in [0.3, 0.4) is 0 Å². The predicted molar refractivity (Wildman–Crippen MR) is 89.3 cm³/mol. The number of hydrogen-bond donors (Lipinski definition) is 0. The minimum absolute atomic E-state index is 0.0369. The standard InChI is InChI=1S/C14H21N3O5S2/c1-16(13-5-7-24(21,22)11-13)14(18)10-17(23(2,19)20)9-12-4-3-6-15-8-12/h3-4,6,8,13H,5,7,9-11H2,1-2H3. The third-order valence-corrected chi connectivity index (χ3v) is 6.96. The van der Waals surface area contributed by atoms with E-state index in [-0.39, 0.29) is 24.6 Å². The van der Waals surface area contributed by atoms with Gasteiger partial charge in [-0.3, -0.25) is 9.78 Å². The van der Waals surface area contributed by atoms with Gasteiger partial charge in [0, 0.05) is 32.0 Å². The van der Waals surface area contributed by atoms with Crippen molar-refractivity contribution in [2.45, 2.75) is 19.0 Å². The molecule has 0 bridgehead atoms. The summed E-state index contributed by atoms with van der Waals surface area (Å²) in [6.07, 6.45) is 4.53. The highest BCUT2D eigenvalue weighted by atomic mass is 32.2. The van der Waals surface area contributed by atoms with Crippen LogP contribution < -0.4 is 0 Å². The smallest absolute Gasteiger partial charge is 0.237 e. The van der Waals surface area contributed by atoms with Crippen LogP contribution in [0.1, 0.15) is 12.0 Å². The number of carbonyl (C=O) groups is 1. The van der Waals surface area contributed by atoms with Crippen LogP contribution in [0.15, 0.2) is 24.5 Å². The van der Waals surface area contributed by atoms with Crippen molar-refractivity contribution in [3.05, 3.63) is 30.1 Å². The molecule has 0 radical (unpaired) electrons. The third-order valence-electron chi connectivity index (χ3n) is 4.01. The second-order valence-electron chi connectivity index (χ2n) is 5.95. The molecule has 0 spiro atoms. The van der Waals surface area contributed by atoms with Gasteiger partial charge < -0.3 is 4.90 Å². The van der Waals surface area contributed by atoms with Crippen LogP contribution >= 0.6 is 0 Å². The number of nitrogens with zero attached hydrogens (tertiary/aromatic N) is 3. The first-order chi connectivity index (χ1) is 11.1. The van der Waals surface area contributed by atoms with Crippen molar-refractivity contribution in [1.82, 2.24) is 14.2 Å². The Morgan fingerprint density at radius 3 is 2.62 bits per heavy atom. The number of amides is 1. The van der Waals surface area contributed by atoms with Crippen LogP contribution in [0.2, 0.25) is 0 Å². The van der Waals surface area contributed by atoms with E-state index in [1.807, 2.05) is 0 Å². The highest BCUT2D eigenvalue weighted by molar-refractivity contribution is 7.91. The van der Waals surface area contributed by atoms with E-state index in [0.29, 0.717) is 12.0 Å². The molecule has 134 valence electrons. The first kappa shape index (κ1) is 18.8. The van der Waals surface area contributed by atoms with Crippen molar-refractivity contribution < 1.29 is 21.6 Å². The molecule has 1 aromatic heterocycles. The molecule has 0 saturated carbocycles. The summed E-state index contributed by atoms with van der Waals surface area (Å²) in [5.74, 6) is -0.441. The Morgan fingerprint density at radius 1 is 1.42 bits per heavy atom. The summed E-state index contributed by atoms with van der Waals surface area (Å²) in [5.41, 5.74) is 0.668. The number of sulfone groups is 1. The molecule has 0 aliphatic carbocycles. The van der Waals surface area contributed by atoms with Crippen molar-refractivity contribution in [1.29, 1.82) is 0 Å². The molecule has 1 aromatic rings. The van der Waals surface area contributed by atoms with Crippen molar-refractivity contribution in [2.75, 3.05) is 31.4 Å². The number of likely N-dealkylation sites (N-methyl/N-ethyl adjacent to an activating group) is 1. The van der Waals surface area contributed by atoms with Gasteiger partial charge in [0.25, 0.3) is 0 Å². The van der Waals surface area contributed by atoms with Crippen LogP contribution in [0.4, 0.5) is 0 Å². The maximum atomic E-state index is 12.4. The molecule has 10 heteroatoms. The van der Waals surface area contributed by atoms with Crippen LogP contribution in [0, 0.1) is 0 Å². The summed E-state index contributed by atoms with van der Waals surface area (Å²) in [7, 11) is -5.20. The van der Waals surface area contributed by atoms with Crippen LogP contribution in [0.5, 0.6) is 0 Å². The van der Waals surface area contributed by atoms with E-state index >= 15 is 0 Å². The molecule has 2 rings (SSSR count). The van der Waals surface area contributed by atoms with E-state index in [0.717, 1.165) is 10.6 Å². The quantitative estimate of drug-likeness (QED) is 0.663. The van der Waals surface area contributed by atoms with Gasteiger partial charge in [-0.2, -0.15) is 4.31 Å². The Morgan fingerprint density at radius 2 is 2.12 bits per heavy atom. The van der Waals surface area contributed by atoms with Crippen molar-refractivity contribution in [2.24, 2.45) is 0 Å². The van der Waals surface area contributed by atoms with E-state index in [1.165, 1.54) is 18.1 Å². The molecule has 1 saturated heterocycles. The molecule has 0 aromatic carbocycles. The van der Waals surface area contributed by atoms with E-state index in [9.17, 15) is 21.6 Å². The van der Waals surface area contributed by atoms with Gasteiger partial charge in [-0.15, -0.1) is 0 Å². The zero-order valence-electron chi connectivity index (χ0n) is 13.6. The van der Waals surface area contributed by atoms with Gasteiger partial charge in [0.1, 0.15) is 0 Å². The number of carbonyl (C=O) groups excluding carboxylic acids is 1. The van der Waals surface area contributed by atoms with Crippen LogP contribution in [-0.4, -0.2) is 74.3 Å². The van der Waals surface area contributed by atoms with Gasteiger partial charge in [0.2, 0.25) is 15.9 Å². The van der Waals surface area contributed by atoms with Gasteiger partial charge in [0.15, 0.2) is 9.84 Å². The lowest BCUT2D eigenvalue weighted by Crippen LogP contribution is -2.45. The number of aromatic nitrogens is 1. The molecule has 1 amide bonds. The molecule has 1 unspecified atom stereocenters. The molecule has 2 heterocycles. The number of rotatable bonds is 6. The first-order valence-electron chi connectivity index (χ1n) is 7.38. The maximum Gasteiger partial charge on any atom is 0.237 e. The summed E-state index contributed by atoms with van der Waals surface area (Å²) >= 11 is 0. The lowest BCUT2D eigenvalue weighted by molar-refractivity contribution is -0.131. The Labute approximate surface area is 142 Å². The number of sulfonamides is 1. The minimum Gasteiger partial charge on any atom is -0.341 e. The lowest BCUT2D eigenvalue weighted by Gasteiger charge is -2.27. The molecular weight excluding hydrogens is 354 g/mol. The molecule has 1 aliphatic rings. The van der Waals surface area contributed by atoms with Gasteiger partial charge in [-0.05, 0) is 18.1 Å². The van der Waals surface area contributed by atoms with Gasteiger partial charge in [0.05, 0.1) is 24.3 Å². The largest absolute Gasteiger partial charge is 0.341 e. The molecule has 24 heavy (non-hydrogen) atoms. The summed E-state index contributed by atoms with van der Waals surface area (Å²) in [6.45, 7) is -0.296. The van der Waals surface area contributed by atoms with Crippen molar-refractivity contribution in [3.8, 4) is 0 Å². The number of pyridine rings is 1. The minimum atomic E-state index is -3.60. The molecule has 8 nitrogen and oxygen atoms in total. The van der Waals surface area contributed by atoms with E-state index < -0.39 is 31.8 Å². The normalized spacial score (nSPS) is 20.2. The lowest BCUT2D eigenvalue weighted by atomic mass is 10.2. The SMILES string of the molecule is CN(C(=O)CN(Cc1cccnc1)S(C)(=O)=O)C1CCS(=O)(=O)C1. The molecule has 1 aliphatic heterocycles. The number of hydrogen-bond acceptors (Lipinski definition) is 6. The van der Waals surface area contributed by atoms with E-state index in [1.54, 1.807) is 18.3 Å². The van der Waals surface area contributed by atoms with Gasteiger partial charge >= 0.3 is 0 Å². The van der Waals surface area contributed by atoms with Crippen molar-refractivity contribution >= 4 is 25.8 Å². The molecule has 1 fully saturated rings. The van der Waals surface area contributed by atoms with Crippen molar-refractivity contribution in [3.63, 3.8) is 0 Å². The zero-order chi connectivity index (χ0) is 18.0. The zero-order valence-corrected chi connectivity index (χ0v) is 15.3. The fourth-order valence-electron chi connectivity index (χ4n) is 2.53. The van der Waals surface area contributed by atoms with Gasteiger partial charge in [-0.25, -0.2) is 16.8 Å². The molecule has 0 N–H and O–H groups in total. The maximum absolute atomic E-state index is 12.4. The van der Waals surface area contributed by atoms with E-state index in [4.69, 9.17) is 0 Å². The Balaban J connectivity index is 2.07. The summed E-state index contributed by atoms with van der Waals surface area (Å²) < 4.78 is 48.1. The Kier molecular flexibility index (Phi) is 5.61. The monoisotopic (exact) mass is 375 g/mol. The second kappa shape index (κ2) is 7.16. The van der Waals surface area contributed by atoms with Crippen LogP contribution in [0.25, 0.3) is 0 Å². The topological polar surface area (TPSA) is 105 Å². The fourth-order valence-corrected chi connectivity index (χ4v) is 5.04. The fraction of sp³-hybridized carbons (Fsp3) is 0.571. The summed E-state index contributed by atoms with van der Waals surface area (Å²) in [6, 6.07) is 3.01. The summed E-state index contributed by atoms with van der Waals surface area (Å²) in [4.78, 5) is 17.7. The highest BCUT2D eigenvalue weighted by Gasteiger charge is 2.33. The van der Waals surface area contributed by atoms with E-state index in [2.05, 4.69) is 4.98 Å². The van der Waals surface area contributed by atoms with Gasteiger partial charge in [-0.1, -0.05) is 6.07 Å². The Bertz CT molecular complexity index is 793. The average molecular weight is 375 g/mol. The molecule has 1 atom stereocenters. The Hall–Kier alpha value is -1.52. The summed E-state index contributed by atoms with van der Waals surface area (Å²) in [5, 5.41) is 0. The predicted octanol–water partition coefficient (Wildman–Crippen LogP) is -0.511. The first-order valence-corrected chi connectivity index (χ1v) is 11.1. The second-order valence-corrected chi connectivity index (χ2v) is 10.2. The highest BCUT2D eigenvalue weighted by Crippen LogP contribution is 2.17. The molecular formula is C14H21N3O5S2. The average Bonchev–Trinajstić information content (AvgIpc) is 2.86.